The van der Waals surface area contributed by atoms with Gasteiger partial charge >= 0.3 is 0 Å². The highest BCUT2D eigenvalue weighted by molar-refractivity contribution is 8.08. The Morgan fingerprint density at radius 1 is 0.727 bits per heavy atom. The Labute approximate surface area is 149 Å². The summed E-state index contributed by atoms with van der Waals surface area (Å²) in [5, 5.41) is 18.4. The van der Waals surface area contributed by atoms with Crippen molar-refractivity contribution in [2.75, 3.05) is 23.0 Å². The van der Waals surface area contributed by atoms with Crippen LogP contribution in [0.25, 0.3) is 0 Å². The van der Waals surface area contributed by atoms with Gasteiger partial charge in [0.1, 0.15) is 21.9 Å². The summed E-state index contributed by atoms with van der Waals surface area (Å²) in [6.45, 7) is 0. The summed E-state index contributed by atoms with van der Waals surface area (Å²) < 4.78 is 0. The third kappa shape index (κ3) is 5.52. The van der Waals surface area contributed by atoms with Gasteiger partial charge in [0.2, 0.25) is 0 Å². The van der Waals surface area contributed by atoms with E-state index in [1.165, 1.54) is 34.7 Å². The summed E-state index contributed by atoms with van der Waals surface area (Å²) in [6.07, 6.45) is 0. The fraction of sp³-hybridized carbons (Fsp3) is 0.375. The second kappa shape index (κ2) is 10.2. The second-order valence-electron chi connectivity index (χ2n) is 4.45. The third-order valence-electron chi connectivity index (χ3n) is 2.99. The Morgan fingerprint density at radius 2 is 1.18 bits per heavy atom. The molecule has 22 heavy (non-hydrogen) atoms. The highest BCUT2D eigenvalue weighted by Crippen LogP contribution is 2.30. The molecule has 0 unspecified atom stereocenters. The molecule has 0 saturated carbocycles. The summed E-state index contributed by atoms with van der Waals surface area (Å²) in [6, 6.07) is 13.0. The molecule has 1 aliphatic heterocycles. The molecule has 6 heteroatoms. The molecule has 0 amide bonds. The van der Waals surface area contributed by atoms with Crippen molar-refractivity contribution >= 4 is 47.0 Å². The van der Waals surface area contributed by atoms with Gasteiger partial charge in [-0.2, -0.15) is 34.0 Å². The summed E-state index contributed by atoms with van der Waals surface area (Å²) in [7, 11) is 0. The van der Waals surface area contributed by atoms with Crippen LogP contribution in [0.1, 0.15) is 11.1 Å². The van der Waals surface area contributed by atoms with Crippen LogP contribution in [0.4, 0.5) is 0 Å². The Balaban J connectivity index is 2.06. The molecule has 0 aromatic heterocycles. The molecule has 1 heterocycles. The Kier molecular flexibility index (Phi) is 8.18. The lowest BCUT2D eigenvalue weighted by molar-refractivity contribution is 1.27. The van der Waals surface area contributed by atoms with E-state index in [0.29, 0.717) is 9.81 Å². The Bertz CT molecular complexity index is 560. The topological polar surface area (TPSA) is 47.6 Å². The summed E-state index contributed by atoms with van der Waals surface area (Å²) in [4.78, 5) is 1.16. The molecule has 0 N–H and O–H groups in total. The monoisotopic (exact) mass is 364 g/mol. The van der Waals surface area contributed by atoms with Gasteiger partial charge in [0.15, 0.2) is 0 Å². The maximum atomic E-state index is 9.22. The standard InChI is InChI=1S/C16H16N2S4/c17-9-15-16(10-18)22-8-6-20-12-14-4-2-1-3-13(14)11-19-5-7-21-15/h1-4H,5-8,11-12H2/b16-15-. The van der Waals surface area contributed by atoms with Gasteiger partial charge in [-0.3, -0.25) is 0 Å². The quantitative estimate of drug-likeness (QED) is 0.653. The molecular formula is C16H16N2S4. The number of thioether (sulfide) groups is 4. The fourth-order valence-electron chi connectivity index (χ4n) is 1.91. The van der Waals surface area contributed by atoms with Gasteiger partial charge in [-0.15, -0.1) is 23.5 Å². The van der Waals surface area contributed by atoms with E-state index in [2.05, 4.69) is 36.4 Å². The van der Waals surface area contributed by atoms with Gasteiger partial charge in [0.05, 0.1) is 0 Å². The largest absolute Gasteiger partial charge is 0.192 e. The van der Waals surface area contributed by atoms with Gasteiger partial charge in [0, 0.05) is 34.5 Å². The number of nitrogens with zero attached hydrogens (tertiary/aromatic N) is 2. The minimum absolute atomic E-state index is 0.579. The molecule has 0 saturated heterocycles. The lowest BCUT2D eigenvalue weighted by atomic mass is 10.1. The molecule has 0 radical (unpaired) electrons. The molecule has 1 aliphatic rings. The van der Waals surface area contributed by atoms with Crippen molar-refractivity contribution < 1.29 is 0 Å². The van der Waals surface area contributed by atoms with Crippen molar-refractivity contribution in [1.82, 2.24) is 0 Å². The van der Waals surface area contributed by atoms with E-state index in [4.69, 9.17) is 0 Å². The first-order chi connectivity index (χ1) is 10.8. The SMILES string of the molecule is N#C/C1=C(\C#N)SCCSCc2ccccc2CSCCS1. The Hall–Kier alpha value is -0.660. The highest BCUT2D eigenvalue weighted by Gasteiger charge is 2.09. The van der Waals surface area contributed by atoms with Crippen LogP contribution in [0, 0.1) is 22.7 Å². The zero-order chi connectivity index (χ0) is 15.6. The molecule has 114 valence electrons. The molecule has 2 rings (SSSR count). The number of rotatable bonds is 0. The maximum absolute atomic E-state index is 9.22. The van der Waals surface area contributed by atoms with E-state index >= 15 is 0 Å². The zero-order valence-corrected chi connectivity index (χ0v) is 15.3. The summed E-state index contributed by atoms with van der Waals surface area (Å²) >= 11 is 6.80. The van der Waals surface area contributed by atoms with Crippen LogP contribution in [0.3, 0.4) is 0 Å². The molecule has 0 atom stereocenters. The maximum Gasteiger partial charge on any atom is 0.109 e. The molecule has 2 nitrogen and oxygen atoms in total. The van der Waals surface area contributed by atoms with Gasteiger partial charge < -0.3 is 0 Å². The van der Waals surface area contributed by atoms with Gasteiger partial charge in [0.25, 0.3) is 0 Å². The number of fused-ring (bicyclic) bond motifs is 1. The Morgan fingerprint density at radius 3 is 1.59 bits per heavy atom. The number of nitriles is 2. The minimum atomic E-state index is 0.579. The van der Waals surface area contributed by atoms with E-state index in [1.807, 2.05) is 23.5 Å². The molecule has 0 fully saturated rings. The van der Waals surface area contributed by atoms with Crippen LogP contribution in [-0.2, 0) is 11.5 Å². The van der Waals surface area contributed by atoms with Crippen LogP contribution in [0.2, 0.25) is 0 Å². The lowest BCUT2D eigenvalue weighted by Gasteiger charge is -2.10. The van der Waals surface area contributed by atoms with Crippen molar-refractivity contribution in [3.63, 3.8) is 0 Å². The van der Waals surface area contributed by atoms with Crippen LogP contribution < -0.4 is 0 Å². The molecular weight excluding hydrogens is 348 g/mol. The van der Waals surface area contributed by atoms with E-state index in [9.17, 15) is 10.5 Å². The number of allylic oxidation sites excluding steroid dienone is 2. The predicted molar refractivity (Wildman–Crippen MR) is 102 cm³/mol. The smallest absolute Gasteiger partial charge is 0.109 e. The van der Waals surface area contributed by atoms with Crippen LogP contribution in [0.15, 0.2) is 34.1 Å². The molecule has 0 aliphatic carbocycles. The summed E-state index contributed by atoms with van der Waals surface area (Å²) in [5.74, 6) is 5.75. The van der Waals surface area contributed by atoms with Crippen molar-refractivity contribution in [2.24, 2.45) is 0 Å². The summed E-state index contributed by atoms with van der Waals surface area (Å²) in [5.41, 5.74) is 2.84. The van der Waals surface area contributed by atoms with E-state index in [-0.39, 0.29) is 0 Å². The number of hydrogen-bond donors (Lipinski definition) is 0. The van der Waals surface area contributed by atoms with E-state index in [0.717, 1.165) is 34.5 Å². The van der Waals surface area contributed by atoms with Crippen molar-refractivity contribution in [3.05, 3.63) is 45.2 Å². The molecule has 1 aromatic carbocycles. The number of hydrogen-bond acceptors (Lipinski definition) is 6. The van der Waals surface area contributed by atoms with Gasteiger partial charge in [-0.25, -0.2) is 0 Å². The minimum Gasteiger partial charge on any atom is -0.192 e. The average Bonchev–Trinajstić information content (AvgIpc) is 2.56. The first-order valence-electron chi connectivity index (χ1n) is 6.87. The zero-order valence-electron chi connectivity index (χ0n) is 12.1. The normalized spacial score (nSPS) is 21.0. The van der Waals surface area contributed by atoms with Crippen LogP contribution >= 0.6 is 47.0 Å². The number of benzene rings is 1. The van der Waals surface area contributed by atoms with Gasteiger partial charge in [-0.1, -0.05) is 24.3 Å². The van der Waals surface area contributed by atoms with Crippen molar-refractivity contribution in [1.29, 1.82) is 10.5 Å². The second-order valence-corrected chi connectivity index (χ2v) is 8.87. The van der Waals surface area contributed by atoms with Gasteiger partial charge in [-0.05, 0) is 11.1 Å². The molecule has 0 spiro atoms. The van der Waals surface area contributed by atoms with E-state index in [1.54, 1.807) is 0 Å². The van der Waals surface area contributed by atoms with Crippen LogP contribution in [-0.4, -0.2) is 23.0 Å². The average molecular weight is 365 g/mol. The predicted octanol–water partition coefficient (Wildman–Crippen LogP) is 4.89. The molecule has 1 aromatic rings. The van der Waals surface area contributed by atoms with Crippen molar-refractivity contribution in [3.8, 4) is 12.1 Å². The fourth-order valence-corrected chi connectivity index (χ4v) is 6.05. The third-order valence-corrected chi connectivity index (χ3v) is 7.64. The van der Waals surface area contributed by atoms with Crippen LogP contribution in [0.5, 0.6) is 0 Å². The first kappa shape index (κ1) is 17.7. The molecule has 0 bridgehead atoms. The highest BCUT2D eigenvalue weighted by atomic mass is 32.2. The van der Waals surface area contributed by atoms with Crippen molar-refractivity contribution in [2.45, 2.75) is 11.5 Å². The van der Waals surface area contributed by atoms with E-state index < -0.39 is 0 Å². The lowest BCUT2D eigenvalue weighted by Crippen LogP contribution is -1.95. The first-order valence-corrected chi connectivity index (χ1v) is 11.2.